The van der Waals surface area contributed by atoms with Gasteiger partial charge in [-0.3, -0.25) is 19.4 Å². The summed E-state index contributed by atoms with van der Waals surface area (Å²) < 4.78 is 2.31. The maximum absolute atomic E-state index is 11.5. The molecule has 0 saturated heterocycles. The zero-order valence-corrected chi connectivity index (χ0v) is 11.4. The average Bonchev–Trinajstić information content (AvgIpc) is 2.79. The first-order valence-corrected chi connectivity index (χ1v) is 6.45. The number of hydrogen-bond acceptors (Lipinski definition) is 4. The predicted molar refractivity (Wildman–Crippen MR) is 73.9 cm³/mol. The van der Waals surface area contributed by atoms with Crippen molar-refractivity contribution in [3.63, 3.8) is 0 Å². The van der Waals surface area contributed by atoms with Crippen molar-refractivity contribution in [2.75, 3.05) is 6.54 Å². The highest BCUT2D eigenvalue weighted by Crippen LogP contribution is 2.15. The fourth-order valence-corrected chi connectivity index (χ4v) is 1.96. The number of aromatic nitrogens is 4. The van der Waals surface area contributed by atoms with Crippen LogP contribution in [0.15, 0.2) is 24.5 Å². The predicted octanol–water partition coefficient (Wildman–Crippen LogP) is 1.53. The van der Waals surface area contributed by atoms with Crippen LogP contribution in [0.25, 0.3) is 11.4 Å². The third-order valence-electron chi connectivity index (χ3n) is 2.61. The van der Waals surface area contributed by atoms with E-state index in [1.54, 1.807) is 12.4 Å². The van der Waals surface area contributed by atoms with E-state index in [1.165, 1.54) is 0 Å². The number of nitrogens with one attached hydrogen (secondary N) is 2. The zero-order chi connectivity index (χ0) is 13.7. The molecule has 2 N–H and O–H groups in total. The largest absolute Gasteiger partial charge is 0.356 e. The molecule has 6 nitrogen and oxygen atoms in total. The van der Waals surface area contributed by atoms with E-state index in [2.05, 4.69) is 20.5 Å². The van der Waals surface area contributed by atoms with E-state index < -0.39 is 0 Å². The molecule has 0 radical (unpaired) electrons. The van der Waals surface area contributed by atoms with Crippen molar-refractivity contribution < 1.29 is 4.79 Å². The molecular formula is C12H15N5OS. The number of nitrogens with zero attached hydrogens (tertiary/aromatic N) is 3. The smallest absolute Gasteiger partial charge is 0.221 e. The van der Waals surface area contributed by atoms with Gasteiger partial charge in [-0.25, -0.2) is 0 Å². The normalized spacial score (nSPS) is 10.4. The van der Waals surface area contributed by atoms with Crippen molar-refractivity contribution >= 4 is 18.1 Å². The Morgan fingerprint density at radius 3 is 3.11 bits per heavy atom. The number of pyridine rings is 1. The van der Waals surface area contributed by atoms with Gasteiger partial charge in [0.25, 0.3) is 0 Å². The van der Waals surface area contributed by atoms with Crippen LogP contribution >= 0.6 is 12.2 Å². The first-order valence-electron chi connectivity index (χ1n) is 6.04. The van der Waals surface area contributed by atoms with Gasteiger partial charge in [0.2, 0.25) is 5.91 Å². The summed E-state index contributed by atoms with van der Waals surface area (Å²) in [5.41, 5.74) is 0.866. The number of amides is 1. The lowest BCUT2D eigenvalue weighted by molar-refractivity contribution is -0.121. The van der Waals surface area contributed by atoms with Crippen LogP contribution < -0.4 is 5.32 Å². The Kier molecular flexibility index (Phi) is 4.40. The molecule has 2 aromatic heterocycles. The number of aromatic amines is 1. The fraction of sp³-hybridized carbons (Fsp3) is 0.333. The van der Waals surface area contributed by atoms with Gasteiger partial charge in [-0.2, -0.15) is 5.10 Å². The molecule has 2 aromatic rings. The van der Waals surface area contributed by atoms with E-state index in [1.807, 2.05) is 23.6 Å². The summed E-state index contributed by atoms with van der Waals surface area (Å²) in [6.07, 6.45) is 3.78. The Morgan fingerprint density at radius 2 is 2.42 bits per heavy atom. The lowest BCUT2D eigenvalue weighted by Crippen LogP contribution is -2.23. The van der Waals surface area contributed by atoms with E-state index in [4.69, 9.17) is 12.2 Å². The molecule has 19 heavy (non-hydrogen) atoms. The Bertz CT molecular complexity index is 604. The quantitative estimate of drug-likeness (QED) is 0.813. The minimum absolute atomic E-state index is 0.00253. The fourth-order valence-electron chi connectivity index (χ4n) is 1.74. The molecule has 2 heterocycles. The summed E-state index contributed by atoms with van der Waals surface area (Å²) in [5, 5.41) is 9.69. The van der Waals surface area contributed by atoms with Crippen molar-refractivity contribution in [3.8, 4) is 11.4 Å². The number of hydrogen-bond donors (Lipinski definition) is 2. The third kappa shape index (κ3) is 3.25. The third-order valence-corrected chi connectivity index (χ3v) is 2.93. The highest BCUT2D eigenvalue weighted by Gasteiger charge is 2.10. The molecule has 0 atom stereocenters. The van der Waals surface area contributed by atoms with Gasteiger partial charge in [-0.05, 0) is 31.3 Å². The van der Waals surface area contributed by atoms with Gasteiger partial charge in [0, 0.05) is 37.5 Å². The topological polar surface area (TPSA) is 75.6 Å². The lowest BCUT2D eigenvalue weighted by atomic mass is 10.2. The average molecular weight is 277 g/mol. The highest BCUT2D eigenvalue weighted by molar-refractivity contribution is 7.71. The van der Waals surface area contributed by atoms with Crippen molar-refractivity contribution in [2.45, 2.75) is 19.9 Å². The van der Waals surface area contributed by atoms with Crippen molar-refractivity contribution in [3.05, 3.63) is 29.3 Å². The highest BCUT2D eigenvalue weighted by atomic mass is 32.1. The van der Waals surface area contributed by atoms with Crippen molar-refractivity contribution in [2.24, 2.45) is 0 Å². The second-order valence-electron chi connectivity index (χ2n) is 3.95. The Hall–Kier alpha value is -2.02. The minimum Gasteiger partial charge on any atom is -0.356 e. The molecule has 0 aliphatic heterocycles. The zero-order valence-electron chi connectivity index (χ0n) is 10.6. The van der Waals surface area contributed by atoms with Gasteiger partial charge >= 0.3 is 0 Å². The molecule has 0 aliphatic carbocycles. The molecule has 0 fully saturated rings. The Morgan fingerprint density at radius 1 is 1.58 bits per heavy atom. The van der Waals surface area contributed by atoms with E-state index in [-0.39, 0.29) is 5.91 Å². The maximum Gasteiger partial charge on any atom is 0.221 e. The van der Waals surface area contributed by atoms with Crippen molar-refractivity contribution in [1.29, 1.82) is 0 Å². The van der Waals surface area contributed by atoms with Crippen LogP contribution in [-0.4, -0.2) is 32.2 Å². The summed E-state index contributed by atoms with van der Waals surface area (Å²) in [6.45, 7) is 3.01. The maximum atomic E-state index is 11.5. The number of H-pyrrole nitrogens is 1. The first kappa shape index (κ1) is 13.4. The van der Waals surface area contributed by atoms with Gasteiger partial charge in [-0.15, -0.1) is 0 Å². The van der Waals surface area contributed by atoms with Gasteiger partial charge in [0.1, 0.15) is 0 Å². The van der Waals surface area contributed by atoms with Crippen LogP contribution in [0.2, 0.25) is 0 Å². The van der Waals surface area contributed by atoms with Gasteiger partial charge < -0.3 is 5.32 Å². The van der Waals surface area contributed by atoms with Crippen LogP contribution in [0.3, 0.4) is 0 Å². The Labute approximate surface area is 115 Å². The Balaban J connectivity index is 2.19. The summed E-state index contributed by atoms with van der Waals surface area (Å²) >= 11 is 5.18. The van der Waals surface area contributed by atoms with E-state index in [0.29, 0.717) is 30.1 Å². The van der Waals surface area contributed by atoms with Crippen LogP contribution in [0.4, 0.5) is 0 Å². The summed E-state index contributed by atoms with van der Waals surface area (Å²) in [6, 6.07) is 3.74. The number of rotatable bonds is 5. The molecule has 2 rings (SSSR count). The lowest BCUT2D eigenvalue weighted by Gasteiger charge is -2.06. The van der Waals surface area contributed by atoms with Crippen LogP contribution in [0.5, 0.6) is 0 Å². The van der Waals surface area contributed by atoms with Gasteiger partial charge in [0.15, 0.2) is 10.6 Å². The summed E-state index contributed by atoms with van der Waals surface area (Å²) in [7, 11) is 0. The molecule has 0 aliphatic rings. The monoisotopic (exact) mass is 277 g/mol. The second kappa shape index (κ2) is 6.24. The molecule has 0 saturated carbocycles. The van der Waals surface area contributed by atoms with E-state index >= 15 is 0 Å². The van der Waals surface area contributed by atoms with E-state index in [0.717, 1.165) is 5.56 Å². The molecule has 100 valence electrons. The molecule has 0 bridgehead atoms. The molecule has 7 heteroatoms. The summed E-state index contributed by atoms with van der Waals surface area (Å²) in [5.74, 6) is 0.699. The van der Waals surface area contributed by atoms with E-state index in [9.17, 15) is 4.79 Å². The van der Waals surface area contributed by atoms with Gasteiger partial charge in [-0.1, -0.05) is 0 Å². The molecular weight excluding hydrogens is 262 g/mol. The second-order valence-corrected chi connectivity index (χ2v) is 4.34. The molecule has 1 amide bonds. The van der Waals surface area contributed by atoms with Crippen LogP contribution in [0.1, 0.15) is 13.3 Å². The number of carbonyl (C=O) groups is 1. The summed E-state index contributed by atoms with van der Waals surface area (Å²) in [4.78, 5) is 15.6. The first-order chi connectivity index (χ1) is 9.22. The molecule has 0 unspecified atom stereocenters. The van der Waals surface area contributed by atoms with Crippen LogP contribution in [0, 0.1) is 4.77 Å². The molecule has 0 aromatic carbocycles. The standard InChI is InChI=1S/C12H15N5OS/c1-2-14-10(18)5-7-17-11(15-16-12(17)19)9-4-3-6-13-8-9/h3-4,6,8H,2,5,7H2,1H3,(H,14,18)(H,16,19). The number of carbonyl (C=O) groups excluding carboxylic acids is 1. The van der Waals surface area contributed by atoms with Gasteiger partial charge in [0.05, 0.1) is 0 Å². The van der Waals surface area contributed by atoms with Crippen molar-refractivity contribution in [1.82, 2.24) is 25.1 Å². The molecule has 0 spiro atoms. The SMILES string of the molecule is CCNC(=O)CCn1c(-c2cccnc2)n[nH]c1=S. The minimum atomic E-state index is 0.00253. The van der Waals surface area contributed by atoms with Crippen LogP contribution in [-0.2, 0) is 11.3 Å².